The predicted octanol–water partition coefficient (Wildman–Crippen LogP) is 1.67. The van der Waals surface area contributed by atoms with Gasteiger partial charge in [-0.1, -0.05) is 0 Å². The Labute approximate surface area is 94.2 Å². The summed E-state index contributed by atoms with van der Waals surface area (Å²) in [6.45, 7) is 4.21. The Bertz CT molecular complexity index is 262. The van der Waals surface area contributed by atoms with Crippen molar-refractivity contribution in [1.29, 1.82) is 0 Å². The van der Waals surface area contributed by atoms with Crippen LogP contribution in [0.1, 0.15) is 27.2 Å². The van der Waals surface area contributed by atoms with E-state index in [9.17, 15) is 14.0 Å². The quantitative estimate of drug-likeness (QED) is 0.804. The van der Waals surface area contributed by atoms with Crippen molar-refractivity contribution in [2.75, 3.05) is 13.7 Å². The van der Waals surface area contributed by atoms with E-state index < -0.39 is 30.4 Å². The number of carbonyl (C=O) groups excluding carboxylic acids is 1. The molecule has 1 amide bonds. The Morgan fingerprint density at radius 1 is 1.44 bits per heavy atom. The Morgan fingerprint density at radius 2 is 1.94 bits per heavy atom. The second-order valence-corrected chi connectivity index (χ2v) is 4.42. The molecule has 0 aliphatic heterocycles. The number of amides is 1. The Morgan fingerprint density at radius 3 is 2.25 bits per heavy atom. The zero-order chi connectivity index (χ0) is 12.9. The fraction of sp³-hybridized carbons (Fsp3) is 0.800. The topological polar surface area (TPSA) is 66.8 Å². The summed E-state index contributed by atoms with van der Waals surface area (Å²) >= 11 is 0. The number of carboxylic acids is 1. The van der Waals surface area contributed by atoms with E-state index in [0.29, 0.717) is 0 Å². The third-order valence-corrected chi connectivity index (χ3v) is 1.82. The van der Waals surface area contributed by atoms with Crippen molar-refractivity contribution in [3.63, 3.8) is 0 Å². The molecule has 0 spiro atoms. The maximum atomic E-state index is 12.1. The van der Waals surface area contributed by atoms with Gasteiger partial charge in [0.1, 0.15) is 11.6 Å². The van der Waals surface area contributed by atoms with E-state index in [1.165, 1.54) is 7.05 Å². The molecule has 0 radical (unpaired) electrons. The highest BCUT2D eigenvalue weighted by molar-refractivity contribution is 5.79. The van der Waals surface area contributed by atoms with Gasteiger partial charge in [-0.3, -0.25) is 9.29 Å². The molecule has 5 nitrogen and oxygen atoms in total. The second kappa shape index (κ2) is 5.67. The maximum absolute atomic E-state index is 12.1. The van der Waals surface area contributed by atoms with Gasteiger partial charge >= 0.3 is 12.1 Å². The number of hydrogen-bond acceptors (Lipinski definition) is 3. The van der Waals surface area contributed by atoms with E-state index in [4.69, 9.17) is 9.84 Å². The average molecular weight is 235 g/mol. The summed E-state index contributed by atoms with van der Waals surface area (Å²) in [5.74, 6) is -1.24. The van der Waals surface area contributed by atoms with Crippen molar-refractivity contribution in [2.24, 2.45) is 0 Å². The molecule has 0 saturated heterocycles. The first-order valence-electron chi connectivity index (χ1n) is 4.93. The number of nitrogens with zero attached hydrogens (tertiary/aromatic N) is 1. The van der Waals surface area contributed by atoms with E-state index in [1.54, 1.807) is 20.8 Å². The highest BCUT2D eigenvalue weighted by Gasteiger charge is 2.29. The Balaban J connectivity index is 4.55. The number of likely N-dealkylation sites (N-methyl/N-ethyl adjacent to an activating group) is 1. The lowest BCUT2D eigenvalue weighted by Crippen LogP contribution is -2.45. The minimum absolute atomic E-state index is 0.245. The molecule has 0 unspecified atom stereocenters. The number of rotatable bonds is 4. The molecule has 0 aromatic carbocycles. The van der Waals surface area contributed by atoms with Crippen LogP contribution in [0, 0.1) is 0 Å². The van der Waals surface area contributed by atoms with Crippen molar-refractivity contribution < 1.29 is 23.8 Å². The lowest BCUT2D eigenvalue weighted by Gasteiger charge is -2.28. The molecule has 0 heterocycles. The van der Waals surface area contributed by atoms with Crippen LogP contribution in [0.2, 0.25) is 0 Å². The van der Waals surface area contributed by atoms with Crippen LogP contribution in [-0.2, 0) is 9.53 Å². The number of halogens is 1. The van der Waals surface area contributed by atoms with Gasteiger partial charge in [-0.25, -0.2) is 9.59 Å². The van der Waals surface area contributed by atoms with Crippen LogP contribution in [0.4, 0.5) is 9.18 Å². The second-order valence-electron chi connectivity index (χ2n) is 4.42. The van der Waals surface area contributed by atoms with Gasteiger partial charge in [-0.15, -0.1) is 0 Å². The highest BCUT2D eigenvalue weighted by Crippen LogP contribution is 2.12. The smallest absolute Gasteiger partial charge is 0.410 e. The van der Waals surface area contributed by atoms with Crippen LogP contribution in [0.15, 0.2) is 0 Å². The van der Waals surface area contributed by atoms with E-state index in [-0.39, 0.29) is 6.42 Å². The molecule has 1 atom stereocenters. The van der Waals surface area contributed by atoms with Crippen LogP contribution in [0.3, 0.4) is 0 Å². The number of carbonyl (C=O) groups is 2. The van der Waals surface area contributed by atoms with Gasteiger partial charge in [0.25, 0.3) is 0 Å². The zero-order valence-electron chi connectivity index (χ0n) is 9.99. The van der Waals surface area contributed by atoms with Crippen LogP contribution in [0.5, 0.6) is 0 Å². The first kappa shape index (κ1) is 14.7. The third kappa shape index (κ3) is 4.95. The number of ether oxygens (including phenoxy) is 1. The molecule has 0 fully saturated rings. The van der Waals surface area contributed by atoms with Crippen molar-refractivity contribution in [3.05, 3.63) is 0 Å². The van der Waals surface area contributed by atoms with Gasteiger partial charge in [0, 0.05) is 13.5 Å². The zero-order valence-corrected chi connectivity index (χ0v) is 9.99. The van der Waals surface area contributed by atoms with Crippen LogP contribution < -0.4 is 0 Å². The van der Waals surface area contributed by atoms with E-state index in [2.05, 4.69) is 0 Å². The first-order valence-corrected chi connectivity index (χ1v) is 4.93. The Hall–Kier alpha value is -1.33. The molecule has 1 N–H and O–H groups in total. The molecular formula is C10H18FNO4. The molecule has 16 heavy (non-hydrogen) atoms. The third-order valence-electron chi connectivity index (χ3n) is 1.82. The van der Waals surface area contributed by atoms with Gasteiger partial charge in [0.15, 0.2) is 0 Å². The monoisotopic (exact) mass is 235 g/mol. The molecule has 0 aliphatic rings. The molecule has 6 heteroatoms. The summed E-state index contributed by atoms with van der Waals surface area (Å²) < 4.78 is 17.1. The van der Waals surface area contributed by atoms with Crippen LogP contribution in [-0.4, -0.2) is 47.4 Å². The fourth-order valence-electron chi connectivity index (χ4n) is 1.05. The lowest BCUT2D eigenvalue weighted by atomic mass is 10.2. The van der Waals surface area contributed by atoms with Crippen molar-refractivity contribution in [3.8, 4) is 0 Å². The summed E-state index contributed by atoms with van der Waals surface area (Å²) in [6.07, 6.45) is -1.02. The molecule has 0 aromatic rings. The summed E-state index contributed by atoms with van der Waals surface area (Å²) in [5.41, 5.74) is -0.704. The van der Waals surface area contributed by atoms with Gasteiger partial charge in [-0.05, 0) is 20.8 Å². The molecule has 94 valence electrons. The molecule has 0 aliphatic carbocycles. The first-order chi connectivity index (χ1) is 7.19. The Kier molecular flexibility index (Phi) is 5.20. The standard InChI is InChI=1S/C10H18FNO4/c1-10(2,3)16-9(15)12(4)7(5-6-11)8(13)14/h7H,5-6H2,1-4H3,(H,13,14)/t7-/m0/s1. The van der Waals surface area contributed by atoms with Crippen molar-refractivity contribution in [2.45, 2.75) is 38.8 Å². The molecule has 0 rings (SSSR count). The average Bonchev–Trinajstić information content (AvgIpc) is 2.09. The SMILES string of the molecule is CN(C(=O)OC(C)(C)C)[C@@H](CCF)C(=O)O. The van der Waals surface area contributed by atoms with E-state index in [1.807, 2.05) is 0 Å². The van der Waals surface area contributed by atoms with E-state index >= 15 is 0 Å². The van der Waals surface area contributed by atoms with Crippen molar-refractivity contribution >= 4 is 12.1 Å². The van der Waals surface area contributed by atoms with Gasteiger partial charge in [0.05, 0.1) is 6.67 Å². The van der Waals surface area contributed by atoms with Gasteiger partial charge in [-0.2, -0.15) is 0 Å². The van der Waals surface area contributed by atoms with E-state index in [0.717, 1.165) is 4.90 Å². The highest BCUT2D eigenvalue weighted by atomic mass is 19.1. The van der Waals surface area contributed by atoms with Crippen molar-refractivity contribution in [1.82, 2.24) is 4.90 Å². The number of alkyl halides is 1. The maximum Gasteiger partial charge on any atom is 0.410 e. The van der Waals surface area contributed by atoms with Crippen LogP contribution in [0.25, 0.3) is 0 Å². The normalized spacial score (nSPS) is 13.1. The molecular weight excluding hydrogens is 217 g/mol. The summed E-state index contributed by atoms with van der Waals surface area (Å²) in [6, 6.07) is -1.19. The molecule has 0 bridgehead atoms. The molecule has 0 aromatic heterocycles. The minimum atomic E-state index is -1.24. The summed E-state index contributed by atoms with van der Waals surface area (Å²) in [7, 11) is 1.28. The predicted molar refractivity (Wildman–Crippen MR) is 56.0 cm³/mol. The van der Waals surface area contributed by atoms with Gasteiger partial charge < -0.3 is 9.84 Å². The summed E-state index contributed by atoms with van der Waals surface area (Å²) in [5, 5.41) is 8.81. The fourth-order valence-corrected chi connectivity index (χ4v) is 1.05. The largest absolute Gasteiger partial charge is 0.480 e. The lowest BCUT2D eigenvalue weighted by molar-refractivity contribution is -0.143. The summed E-state index contributed by atoms with van der Waals surface area (Å²) in [4.78, 5) is 23.2. The number of carboxylic acid groups (broad SMARTS) is 1. The van der Waals surface area contributed by atoms with Gasteiger partial charge in [0.2, 0.25) is 0 Å². The number of hydrogen-bond donors (Lipinski definition) is 1. The minimum Gasteiger partial charge on any atom is -0.480 e. The van der Waals surface area contributed by atoms with Crippen LogP contribution >= 0.6 is 0 Å². The molecule has 0 saturated carbocycles. The number of aliphatic carboxylic acids is 1.